The van der Waals surface area contributed by atoms with Crippen molar-refractivity contribution in [1.29, 1.82) is 0 Å². The molecule has 0 saturated carbocycles. The molecule has 0 bridgehead atoms. The molecule has 2 unspecified atom stereocenters. The molecule has 92 valence electrons. The Morgan fingerprint density at radius 3 is 2.94 bits per heavy atom. The fourth-order valence-electron chi connectivity index (χ4n) is 2.03. The summed E-state index contributed by atoms with van der Waals surface area (Å²) in [5.41, 5.74) is 1.46. The summed E-state index contributed by atoms with van der Waals surface area (Å²) in [6, 6.07) is 5.88. The molecule has 4 heteroatoms. The summed E-state index contributed by atoms with van der Waals surface area (Å²) in [5.74, 6) is 1.08. The molecule has 1 saturated heterocycles. The van der Waals surface area contributed by atoms with E-state index in [-0.39, 0.29) is 11.9 Å². The lowest BCUT2D eigenvalue weighted by Gasteiger charge is -2.37. The Kier molecular flexibility index (Phi) is 3.72. The second-order valence-electron chi connectivity index (χ2n) is 4.48. The van der Waals surface area contributed by atoms with E-state index >= 15 is 0 Å². The van der Waals surface area contributed by atoms with Gasteiger partial charge in [0.15, 0.2) is 0 Å². The van der Waals surface area contributed by atoms with Crippen LogP contribution < -0.4 is 0 Å². The summed E-state index contributed by atoms with van der Waals surface area (Å²) in [4.78, 5) is 18.6. The molecule has 0 aliphatic carbocycles. The van der Waals surface area contributed by atoms with Crippen molar-refractivity contribution in [1.82, 2.24) is 9.88 Å². The second kappa shape index (κ2) is 5.08. The number of pyridine rings is 1. The summed E-state index contributed by atoms with van der Waals surface area (Å²) >= 11 is 1.93. The molecule has 0 aromatic carbocycles. The van der Waals surface area contributed by atoms with Crippen molar-refractivity contribution in [3.05, 3.63) is 29.6 Å². The minimum atomic E-state index is 0.0633. The number of thioether (sulfide) groups is 1. The summed E-state index contributed by atoms with van der Waals surface area (Å²) in [7, 11) is 0. The van der Waals surface area contributed by atoms with E-state index in [0.29, 0.717) is 10.9 Å². The highest BCUT2D eigenvalue weighted by atomic mass is 32.2. The molecule has 2 atom stereocenters. The lowest BCUT2D eigenvalue weighted by Crippen LogP contribution is -2.48. The second-order valence-corrected chi connectivity index (χ2v) is 5.96. The Morgan fingerprint density at radius 2 is 2.24 bits per heavy atom. The van der Waals surface area contributed by atoms with Crippen LogP contribution in [-0.4, -0.2) is 39.4 Å². The Balaban J connectivity index is 2.19. The topological polar surface area (TPSA) is 33.2 Å². The number of aromatic nitrogens is 1. The zero-order valence-electron chi connectivity index (χ0n) is 10.5. The summed E-state index contributed by atoms with van der Waals surface area (Å²) in [6.07, 6.45) is 0. The van der Waals surface area contributed by atoms with Crippen molar-refractivity contribution in [2.45, 2.75) is 32.1 Å². The van der Waals surface area contributed by atoms with E-state index in [4.69, 9.17) is 0 Å². The van der Waals surface area contributed by atoms with E-state index in [1.165, 1.54) is 0 Å². The van der Waals surface area contributed by atoms with Crippen LogP contribution in [0.5, 0.6) is 0 Å². The van der Waals surface area contributed by atoms with Gasteiger partial charge in [-0.25, -0.2) is 4.98 Å². The fraction of sp³-hybridized carbons (Fsp3) is 0.538. The molecule has 0 radical (unpaired) electrons. The quantitative estimate of drug-likeness (QED) is 0.767. The number of amides is 1. The molecule has 17 heavy (non-hydrogen) atoms. The number of hydrogen-bond acceptors (Lipinski definition) is 3. The molecular weight excluding hydrogens is 232 g/mol. The zero-order valence-corrected chi connectivity index (χ0v) is 11.3. The minimum Gasteiger partial charge on any atom is -0.333 e. The predicted octanol–water partition coefficient (Wildman–Crippen LogP) is 2.36. The van der Waals surface area contributed by atoms with Crippen LogP contribution in [0.15, 0.2) is 18.2 Å². The standard InChI is InChI=1S/C13H18N2OS/c1-9-5-4-6-12(14-9)13(16)15-7-8-17-11(3)10(15)2/h4-6,10-11H,7-8H2,1-3H3. The first-order chi connectivity index (χ1) is 8.09. The van der Waals surface area contributed by atoms with Crippen LogP contribution in [0.3, 0.4) is 0 Å². The number of hydrogen-bond donors (Lipinski definition) is 0. The third kappa shape index (κ3) is 2.63. The molecule has 2 rings (SSSR count). The van der Waals surface area contributed by atoms with E-state index in [1.807, 2.05) is 35.7 Å². The first-order valence-corrected chi connectivity index (χ1v) is 7.00. The molecular formula is C13H18N2OS. The van der Waals surface area contributed by atoms with Gasteiger partial charge in [0.1, 0.15) is 5.69 Å². The highest BCUT2D eigenvalue weighted by Crippen LogP contribution is 2.25. The number of rotatable bonds is 1. The van der Waals surface area contributed by atoms with Crippen molar-refractivity contribution >= 4 is 17.7 Å². The van der Waals surface area contributed by atoms with Crippen LogP contribution in [0, 0.1) is 6.92 Å². The SMILES string of the molecule is Cc1cccc(C(=O)N2CCSC(C)C2C)n1. The molecule has 3 nitrogen and oxygen atoms in total. The van der Waals surface area contributed by atoms with Crippen LogP contribution >= 0.6 is 11.8 Å². The fourth-order valence-corrected chi connectivity index (χ4v) is 3.13. The molecule has 0 N–H and O–H groups in total. The maximum absolute atomic E-state index is 12.4. The van der Waals surface area contributed by atoms with E-state index in [9.17, 15) is 4.79 Å². The van der Waals surface area contributed by atoms with Gasteiger partial charge in [-0.2, -0.15) is 11.8 Å². The number of carbonyl (C=O) groups is 1. The molecule has 2 heterocycles. The lowest BCUT2D eigenvalue weighted by molar-refractivity contribution is 0.0692. The maximum atomic E-state index is 12.4. The highest BCUT2D eigenvalue weighted by Gasteiger charge is 2.29. The maximum Gasteiger partial charge on any atom is 0.272 e. The lowest BCUT2D eigenvalue weighted by atomic mass is 10.2. The van der Waals surface area contributed by atoms with Crippen LogP contribution in [0.4, 0.5) is 0 Å². The first-order valence-electron chi connectivity index (χ1n) is 5.96. The van der Waals surface area contributed by atoms with Crippen LogP contribution in [0.2, 0.25) is 0 Å². The Morgan fingerprint density at radius 1 is 1.47 bits per heavy atom. The molecule has 1 aliphatic rings. The summed E-state index contributed by atoms with van der Waals surface area (Å²) < 4.78 is 0. The summed E-state index contributed by atoms with van der Waals surface area (Å²) in [5, 5.41) is 0.498. The van der Waals surface area contributed by atoms with Crippen LogP contribution in [-0.2, 0) is 0 Å². The van der Waals surface area contributed by atoms with Gasteiger partial charge in [0, 0.05) is 29.3 Å². The molecule has 1 fully saturated rings. The molecule has 1 aromatic heterocycles. The number of aryl methyl sites for hydroxylation is 1. The van der Waals surface area contributed by atoms with Crippen LogP contribution in [0.1, 0.15) is 30.0 Å². The monoisotopic (exact) mass is 250 g/mol. The Hall–Kier alpha value is -1.03. The zero-order chi connectivity index (χ0) is 12.4. The van der Waals surface area contributed by atoms with Gasteiger partial charge < -0.3 is 4.90 Å². The van der Waals surface area contributed by atoms with Crippen molar-refractivity contribution in [2.75, 3.05) is 12.3 Å². The van der Waals surface area contributed by atoms with E-state index in [0.717, 1.165) is 18.0 Å². The van der Waals surface area contributed by atoms with Crippen LogP contribution in [0.25, 0.3) is 0 Å². The van der Waals surface area contributed by atoms with Gasteiger partial charge in [0.25, 0.3) is 5.91 Å². The van der Waals surface area contributed by atoms with Gasteiger partial charge in [0.05, 0.1) is 0 Å². The average Bonchev–Trinajstić information content (AvgIpc) is 2.32. The van der Waals surface area contributed by atoms with Gasteiger partial charge >= 0.3 is 0 Å². The van der Waals surface area contributed by atoms with Crippen molar-refractivity contribution < 1.29 is 4.79 Å². The average molecular weight is 250 g/mol. The van der Waals surface area contributed by atoms with Crippen molar-refractivity contribution in [2.24, 2.45) is 0 Å². The van der Waals surface area contributed by atoms with E-state index in [1.54, 1.807) is 6.07 Å². The largest absolute Gasteiger partial charge is 0.333 e. The van der Waals surface area contributed by atoms with E-state index in [2.05, 4.69) is 18.8 Å². The highest BCUT2D eigenvalue weighted by molar-refractivity contribution is 8.00. The predicted molar refractivity (Wildman–Crippen MR) is 71.4 cm³/mol. The third-order valence-corrected chi connectivity index (χ3v) is 4.59. The smallest absolute Gasteiger partial charge is 0.272 e. The minimum absolute atomic E-state index is 0.0633. The van der Waals surface area contributed by atoms with Gasteiger partial charge in [-0.1, -0.05) is 13.0 Å². The molecule has 1 amide bonds. The summed E-state index contributed by atoms with van der Waals surface area (Å²) in [6.45, 7) is 7.03. The number of nitrogens with zero attached hydrogens (tertiary/aromatic N) is 2. The first kappa shape index (κ1) is 12.4. The van der Waals surface area contributed by atoms with Crippen molar-refractivity contribution in [3.63, 3.8) is 0 Å². The third-order valence-electron chi connectivity index (χ3n) is 3.25. The molecule has 1 aromatic rings. The van der Waals surface area contributed by atoms with Gasteiger partial charge in [-0.05, 0) is 26.0 Å². The molecule has 0 spiro atoms. The van der Waals surface area contributed by atoms with Crippen molar-refractivity contribution in [3.8, 4) is 0 Å². The van der Waals surface area contributed by atoms with Gasteiger partial charge in [-0.15, -0.1) is 0 Å². The Labute approximate surface area is 107 Å². The normalized spacial score (nSPS) is 24.8. The molecule has 1 aliphatic heterocycles. The number of carbonyl (C=O) groups excluding carboxylic acids is 1. The Bertz CT molecular complexity index is 422. The van der Waals surface area contributed by atoms with E-state index < -0.39 is 0 Å². The van der Waals surface area contributed by atoms with Gasteiger partial charge in [0.2, 0.25) is 0 Å². The van der Waals surface area contributed by atoms with Gasteiger partial charge in [-0.3, -0.25) is 4.79 Å².